The van der Waals surface area contributed by atoms with Gasteiger partial charge in [0.2, 0.25) is 0 Å². The minimum absolute atomic E-state index is 0.0822. The highest BCUT2D eigenvalue weighted by molar-refractivity contribution is 7.99. The van der Waals surface area contributed by atoms with Crippen LogP contribution < -0.4 is 0 Å². The van der Waals surface area contributed by atoms with Gasteiger partial charge in [-0.25, -0.2) is 4.98 Å². The molecule has 5 atom stereocenters. The smallest absolute Gasteiger partial charge is 0.303 e. The van der Waals surface area contributed by atoms with Crippen LogP contribution in [0.5, 0.6) is 0 Å². The number of ether oxygens (including phenoxy) is 5. The van der Waals surface area contributed by atoms with E-state index in [-0.39, 0.29) is 10.6 Å². The summed E-state index contributed by atoms with van der Waals surface area (Å²) in [5.74, 6) is -2.94. The molecule has 53 heavy (non-hydrogen) atoms. The van der Waals surface area contributed by atoms with Gasteiger partial charge < -0.3 is 23.7 Å². The predicted octanol–water partition coefficient (Wildman–Crippen LogP) is 7.53. The summed E-state index contributed by atoms with van der Waals surface area (Å²) in [5.41, 5.74) is 1.64. The molecule has 272 valence electrons. The quantitative estimate of drug-likeness (QED) is 0.0837. The minimum atomic E-state index is -1.41. The van der Waals surface area contributed by atoms with Gasteiger partial charge in [0.05, 0.1) is 16.9 Å². The van der Waals surface area contributed by atoms with Gasteiger partial charge in [0.15, 0.2) is 23.7 Å². The topological polar surface area (TPSA) is 176 Å². The zero-order valence-electron chi connectivity index (χ0n) is 28.9. The third kappa shape index (κ3) is 9.83. The summed E-state index contributed by atoms with van der Waals surface area (Å²) in [4.78, 5) is 54.0. The van der Waals surface area contributed by atoms with Crippen molar-refractivity contribution in [2.24, 2.45) is 10.2 Å². The Morgan fingerprint density at radius 2 is 1.34 bits per heavy atom. The zero-order valence-corrected chi connectivity index (χ0v) is 30.5. The zero-order chi connectivity index (χ0) is 38.1. The lowest BCUT2D eigenvalue weighted by atomic mass is 9.96. The first kappa shape index (κ1) is 38.6. The van der Waals surface area contributed by atoms with Crippen molar-refractivity contribution in [3.8, 4) is 28.5 Å². The third-order valence-electron chi connectivity index (χ3n) is 7.63. The van der Waals surface area contributed by atoms with Crippen LogP contribution in [0.2, 0.25) is 5.02 Å². The Kier molecular flexibility index (Phi) is 12.9. The molecule has 1 saturated heterocycles. The first-order valence-corrected chi connectivity index (χ1v) is 17.4. The highest BCUT2D eigenvalue weighted by atomic mass is 35.5. The van der Waals surface area contributed by atoms with Crippen molar-refractivity contribution in [2.75, 3.05) is 6.61 Å². The highest BCUT2D eigenvalue weighted by Gasteiger charge is 2.53. The molecule has 0 amide bonds. The van der Waals surface area contributed by atoms with Crippen molar-refractivity contribution in [1.29, 1.82) is 5.26 Å². The molecule has 0 aliphatic carbocycles. The Morgan fingerprint density at radius 3 is 1.91 bits per heavy atom. The maximum atomic E-state index is 12.5. The van der Waals surface area contributed by atoms with Crippen LogP contribution in [-0.4, -0.2) is 65.3 Å². The largest absolute Gasteiger partial charge is 0.463 e. The molecule has 5 rings (SSSR count). The number of rotatable bonds is 11. The molecule has 0 saturated carbocycles. The lowest BCUT2D eigenvalue weighted by Crippen LogP contribution is -2.61. The van der Waals surface area contributed by atoms with Crippen LogP contribution >= 0.6 is 23.4 Å². The van der Waals surface area contributed by atoms with E-state index in [1.54, 1.807) is 24.3 Å². The lowest BCUT2D eigenvalue weighted by Gasteiger charge is -2.44. The SMILES string of the molecule is CC(=O)OC[C@H]1O[C@@H](Sc2nc(-c3ccccc3)c(N=Nc3ccc(Cl)cc3)c(-c3ccccc3)c2C#N)[C@H](OC(C)=O)[C@@H](OC(C)=O)[C@H]1OC(C)=O. The number of azo groups is 1. The van der Waals surface area contributed by atoms with Gasteiger partial charge in [-0.2, -0.15) is 10.4 Å². The third-order valence-corrected chi connectivity index (χ3v) is 9.01. The summed E-state index contributed by atoms with van der Waals surface area (Å²) >= 11 is 7.00. The molecular formula is C38H33ClN4O9S. The van der Waals surface area contributed by atoms with Crippen LogP contribution in [0.25, 0.3) is 22.4 Å². The van der Waals surface area contributed by atoms with Gasteiger partial charge in [-0.05, 0) is 29.8 Å². The Morgan fingerprint density at radius 1 is 0.774 bits per heavy atom. The van der Waals surface area contributed by atoms with E-state index in [0.29, 0.717) is 38.8 Å². The summed E-state index contributed by atoms with van der Waals surface area (Å²) in [6.07, 6.45) is -5.35. The van der Waals surface area contributed by atoms with Crippen molar-refractivity contribution in [3.05, 3.63) is 95.5 Å². The monoisotopic (exact) mass is 756 g/mol. The molecule has 1 aliphatic rings. The molecule has 2 heterocycles. The van der Waals surface area contributed by atoms with E-state index >= 15 is 0 Å². The van der Waals surface area contributed by atoms with Crippen molar-refractivity contribution < 1.29 is 42.9 Å². The van der Waals surface area contributed by atoms with Crippen LogP contribution in [0, 0.1) is 11.3 Å². The number of hydrogen-bond acceptors (Lipinski definition) is 14. The van der Waals surface area contributed by atoms with Gasteiger partial charge in [-0.3, -0.25) is 19.2 Å². The predicted molar refractivity (Wildman–Crippen MR) is 193 cm³/mol. The van der Waals surface area contributed by atoms with Crippen LogP contribution in [0.15, 0.2) is 100 Å². The minimum Gasteiger partial charge on any atom is -0.463 e. The fourth-order valence-corrected chi connectivity index (χ4v) is 6.83. The number of pyridine rings is 1. The number of benzene rings is 3. The first-order valence-electron chi connectivity index (χ1n) is 16.2. The second-order valence-corrected chi connectivity index (χ2v) is 13.1. The van der Waals surface area contributed by atoms with E-state index in [1.165, 1.54) is 6.92 Å². The molecular weight excluding hydrogens is 724 g/mol. The standard InChI is InChI=1S/C38H33ClN4O9S/c1-21(44)48-20-30-34(49-22(2)45)35(50-23(3)46)36(51-24(4)47)38(52-30)53-37-29(19-40)31(25-11-7-5-8-12-25)33(32(41-37)26-13-9-6-10-14-26)43-42-28-17-15-27(39)16-18-28/h5-18,30,34-36,38H,20H2,1-4H3/t30-,34+,35+,36-,38+/m1/s1. The number of hydrogen-bond donors (Lipinski definition) is 0. The normalized spacial score (nSPS) is 19.5. The molecule has 3 aromatic carbocycles. The van der Waals surface area contributed by atoms with Crippen LogP contribution in [0.3, 0.4) is 0 Å². The molecule has 15 heteroatoms. The van der Waals surface area contributed by atoms with Gasteiger partial charge in [0.1, 0.15) is 29.5 Å². The molecule has 0 bridgehead atoms. The second kappa shape index (κ2) is 17.7. The molecule has 1 aliphatic heterocycles. The van der Waals surface area contributed by atoms with E-state index in [9.17, 15) is 24.4 Å². The summed E-state index contributed by atoms with van der Waals surface area (Å²) in [6, 6.07) is 27.2. The van der Waals surface area contributed by atoms with Gasteiger partial charge >= 0.3 is 23.9 Å². The Labute approximate surface area is 314 Å². The number of halogens is 1. The molecule has 0 unspecified atom stereocenters. The molecule has 1 fully saturated rings. The first-order chi connectivity index (χ1) is 25.4. The molecule has 0 spiro atoms. The fourth-order valence-electron chi connectivity index (χ4n) is 5.53. The summed E-state index contributed by atoms with van der Waals surface area (Å²) in [5, 5.41) is 20.6. The van der Waals surface area contributed by atoms with Crippen molar-refractivity contribution in [2.45, 2.75) is 62.6 Å². The van der Waals surface area contributed by atoms with E-state index < -0.39 is 60.3 Å². The average molecular weight is 757 g/mol. The number of esters is 4. The molecule has 4 aromatic rings. The number of thioether (sulfide) groups is 1. The number of aromatic nitrogens is 1. The second-order valence-electron chi connectivity index (χ2n) is 11.6. The summed E-state index contributed by atoms with van der Waals surface area (Å²) in [7, 11) is 0. The van der Waals surface area contributed by atoms with Crippen LogP contribution in [0.4, 0.5) is 11.4 Å². The Bertz CT molecular complexity index is 2040. The maximum Gasteiger partial charge on any atom is 0.303 e. The average Bonchev–Trinajstić information content (AvgIpc) is 3.13. The summed E-state index contributed by atoms with van der Waals surface area (Å²) < 4.78 is 28.4. The number of nitriles is 1. The lowest BCUT2D eigenvalue weighted by molar-refractivity contribution is -0.237. The Hall–Kier alpha value is -5.62. The van der Waals surface area contributed by atoms with Gasteiger partial charge in [0, 0.05) is 43.8 Å². The van der Waals surface area contributed by atoms with E-state index in [0.717, 1.165) is 32.5 Å². The van der Waals surface area contributed by atoms with Crippen LogP contribution in [-0.2, 0) is 42.9 Å². The fraction of sp³-hybridized carbons (Fsp3) is 0.263. The van der Waals surface area contributed by atoms with Crippen molar-refractivity contribution >= 4 is 58.6 Å². The molecule has 1 aromatic heterocycles. The molecule has 13 nitrogen and oxygen atoms in total. The van der Waals surface area contributed by atoms with E-state index in [4.69, 9.17) is 40.3 Å². The number of carbonyl (C=O) groups is 4. The van der Waals surface area contributed by atoms with Crippen molar-refractivity contribution in [1.82, 2.24) is 4.98 Å². The Balaban J connectivity index is 1.74. The molecule has 0 radical (unpaired) electrons. The summed E-state index contributed by atoms with van der Waals surface area (Å²) in [6.45, 7) is 4.20. The number of nitrogens with zero attached hydrogens (tertiary/aromatic N) is 4. The number of carbonyl (C=O) groups excluding carboxylic acids is 4. The van der Waals surface area contributed by atoms with Gasteiger partial charge in [-0.15, -0.1) is 5.11 Å². The molecule has 0 N–H and O–H groups in total. The van der Waals surface area contributed by atoms with Crippen LogP contribution in [0.1, 0.15) is 33.3 Å². The highest BCUT2D eigenvalue weighted by Crippen LogP contribution is 2.46. The van der Waals surface area contributed by atoms with E-state index in [1.807, 2.05) is 60.7 Å². The maximum absolute atomic E-state index is 12.5. The van der Waals surface area contributed by atoms with Gasteiger partial charge in [0.25, 0.3) is 0 Å². The van der Waals surface area contributed by atoms with E-state index in [2.05, 4.69) is 16.3 Å². The van der Waals surface area contributed by atoms with Gasteiger partial charge in [-0.1, -0.05) is 84.0 Å². The van der Waals surface area contributed by atoms with Crippen molar-refractivity contribution in [3.63, 3.8) is 0 Å².